The van der Waals surface area contributed by atoms with Crippen molar-refractivity contribution in [2.75, 3.05) is 25.1 Å². The summed E-state index contributed by atoms with van der Waals surface area (Å²) in [5, 5.41) is 0. The number of hydrogen-bond donors (Lipinski definition) is 0. The Balaban J connectivity index is 1.64. The summed E-state index contributed by atoms with van der Waals surface area (Å²) in [5.41, 5.74) is 3.46. The highest BCUT2D eigenvalue weighted by atomic mass is 16.5. The van der Waals surface area contributed by atoms with Crippen LogP contribution in [0.1, 0.15) is 30.5 Å². The molecule has 0 aromatic carbocycles. The van der Waals surface area contributed by atoms with Gasteiger partial charge in [0.05, 0.1) is 13.0 Å². The molecule has 0 saturated carbocycles. The fourth-order valence-electron chi connectivity index (χ4n) is 3.80. The predicted octanol–water partition coefficient (Wildman–Crippen LogP) is 2.42. The summed E-state index contributed by atoms with van der Waals surface area (Å²) in [7, 11) is 1.47. The van der Waals surface area contributed by atoms with Crippen LogP contribution >= 0.6 is 0 Å². The molecule has 4 rings (SSSR count). The van der Waals surface area contributed by atoms with E-state index in [0.29, 0.717) is 0 Å². The second-order valence-electron chi connectivity index (χ2n) is 6.67. The summed E-state index contributed by atoms with van der Waals surface area (Å²) in [5.74, 6) is 1.74. The van der Waals surface area contributed by atoms with Crippen molar-refractivity contribution in [1.82, 2.24) is 15.0 Å². The van der Waals surface area contributed by atoms with Gasteiger partial charge >= 0.3 is 5.97 Å². The second-order valence-corrected chi connectivity index (χ2v) is 6.67. The van der Waals surface area contributed by atoms with Crippen molar-refractivity contribution >= 4 is 11.8 Å². The number of piperidine rings is 1. The summed E-state index contributed by atoms with van der Waals surface area (Å²) >= 11 is 0. The third-order valence-corrected chi connectivity index (χ3v) is 5.18. The molecule has 0 amide bonds. The molecule has 2 aromatic rings. The number of methoxy groups -OCH3 is 1. The van der Waals surface area contributed by atoms with E-state index < -0.39 is 0 Å². The Morgan fingerprint density at radius 3 is 2.64 bits per heavy atom. The number of aryl methyl sites for hydroxylation is 1. The van der Waals surface area contributed by atoms with Crippen molar-refractivity contribution in [2.45, 2.75) is 32.1 Å². The molecule has 0 atom stereocenters. The average molecular weight is 338 g/mol. The molecule has 1 fully saturated rings. The van der Waals surface area contributed by atoms with Crippen LogP contribution in [0.3, 0.4) is 0 Å². The number of hydrogen-bond acceptors (Lipinski definition) is 6. The van der Waals surface area contributed by atoms with Gasteiger partial charge in [-0.2, -0.15) is 0 Å². The van der Waals surface area contributed by atoms with Crippen LogP contribution in [0.15, 0.2) is 24.5 Å². The quantitative estimate of drug-likeness (QED) is 0.801. The lowest BCUT2D eigenvalue weighted by atomic mass is 9.96. The molecular weight excluding hydrogens is 316 g/mol. The molecule has 2 aromatic heterocycles. The average Bonchev–Trinajstić information content (AvgIpc) is 3.16. The summed E-state index contributed by atoms with van der Waals surface area (Å²) in [4.78, 5) is 27.9. The van der Waals surface area contributed by atoms with Crippen molar-refractivity contribution in [3.63, 3.8) is 0 Å². The SMILES string of the molecule is COC(=O)C1CCN(c2nc(-c3ccncc3)nc3c2CCC3)CC1. The standard InChI is InChI=1S/C19H22N4O2/c1-25-19(24)14-7-11-23(12-8-14)18-15-3-2-4-16(15)21-17(22-18)13-5-9-20-10-6-13/h5-6,9-10,14H,2-4,7-8,11-12H2,1H3. The fourth-order valence-corrected chi connectivity index (χ4v) is 3.80. The molecule has 6 heteroatoms. The van der Waals surface area contributed by atoms with Crippen molar-refractivity contribution in [3.8, 4) is 11.4 Å². The summed E-state index contributed by atoms with van der Waals surface area (Å²) in [6, 6.07) is 3.90. The smallest absolute Gasteiger partial charge is 0.308 e. The van der Waals surface area contributed by atoms with Gasteiger partial charge in [-0.15, -0.1) is 0 Å². The highest BCUT2D eigenvalue weighted by Gasteiger charge is 2.29. The van der Waals surface area contributed by atoms with Crippen LogP contribution in [-0.4, -0.2) is 41.1 Å². The van der Waals surface area contributed by atoms with E-state index in [1.165, 1.54) is 18.4 Å². The fraction of sp³-hybridized carbons (Fsp3) is 0.474. The van der Waals surface area contributed by atoms with Gasteiger partial charge < -0.3 is 9.64 Å². The zero-order valence-electron chi connectivity index (χ0n) is 14.4. The number of nitrogens with zero attached hydrogens (tertiary/aromatic N) is 4. The first kappa shape index (κ1) is 16.0. The Hall–Kier alpha value is -2.50. The Morgan fingerprint density at radius 2 is 1.92 bits per heavy atom. The van der Waals surface area contributed by atoms with Gasteiger partial charge in [0.15, 0.2) is 5.82 Å². The highest BCUT2D eigenvalue weighted by molar-refractivity contribution is 5.72. The summed E-state index contributed by atoms with van der Waals surface area (Å²) in [6.45, 7) is 1.66. The summed E-state index contributed by atoms with van der Waals surface area (Å²) in [6.07, 6.45) is 8.36. The van der Waals surface area contributed by atoms with E-state index >= 15 is 0 Å². The maximum atomic E-state index is 11.8. The van der Waals surface area contributed by atoms with Gasteiger partial charge in [-0.1, -0.05) is 0 Å². The van der Waals surface area contributed by atoms with Crippen molar-refractivity contribution in [2.24, 2.45) is 5.92 Å². The maximum absolute atomic E-state index is 11.8. The number of anilines is 1. The van der Waals surface area contributed by atoms with E-state index in [2.05, 4.69) is 9.88 Å². The molecule has 25 heavy (non-hydrogen) atoms. The molecule has 6 nitrogen and oxygen atoms in total. The van der Waals surface area contributed by atoms with Crippen LogP contribution < -0.4 is 4.90 Å². The van der Waals surface area contributed by atoms with Crippen LogP contribution in [0.25, 0.3) is 11.4 Å². The molecule has 0 radical (unpaired) electrons. The number of esters is 1. The topological polar surface area (TPSA) is 68.2 Å². The van der Waals surface area contributed by atoms with Crippen molar-refractivity contribution < 1.29 is 9.53 Å². The molecular formula is C19H22N4O2. The number of carbonyl (C=O) groups excluding carboxylic acids is 1. The molecule has 1 aliphatic heterocycles. The Labute approximate surface area is 147 Å². The van der Waals surface area contributed by atoms with Crippen LogP contribution in [0.4, 0.5) is 5.82 Å². The molecule has 1 aliphatic carbocycles. The lowest BCUT2D eigenvalue weighted by Crippen LogP contribution is -2.37. The largest absolute Gasteiger partial charge is 0.469 e. The summed E-state index contributed by atoms with van der Waals surface area (Å²) < 4.78 is 4.89. The number of aromatic nitrogens is 3. The molecule has 0 spiro atoms. The maximum Gasteiger partial charge on any atom is 0.308 e. The van der Waals surface area contributed by atoms with Crippen LogP contribution in [0.2, 0.25) is 0 Å². The first-order chi connectivity index (χ1) is 12.3. The minimum Gasteiger partial charge on any atom is -0.469 e. The van der Waals surface area contributed by atoms with Crippen molar-refractivity contribution in [3.05, 3.63) is 35.8 Å². The van der Waals surface area contributed by atoms with Crippen LogP contribution in [0, 0.1) is 5.92 Å². The lowest BCUT2D eigenvalue weighted by Gasteiger charge is -2.32. The van der Waals surface area contributed by atoms with E-state index in [1.54, 1.807) is 12.4 Å². The monoisotopic (exact) mass is 338 g/mol. The molecule has 1 saturated heterocycles. The molecule has 3 heterocycles. The van der Waals surface area contributed by atoms with E-state index in [9.17, 15) is 4.79 Å². The zero-order chi connectivity index (χ0) is 17.2. The van der Waals surface area contributed by atoms with Gasteiger partial charge in [0.25, 0.3) is 0 Å². The van der Waals surface area contributed by atoms with Gasteiger partial charge in [0.2, 0.25) is 0 Å². The zero-order valence-corrected chi connectivity index (χ0v) is 14.4. The Kier molecular flexibility index (Phi) is 4.34. The molecule has 130 valence electrons. The number of fused-ring (bicyclic) bond motifs is 1. The van der Waals surface area contributed by atoms with E-state index in [-0.39, 0.29) is 11.9 Å². The van der Waals surface area contributed by atoms with Gasteiger partial charge in [0.1, 0.15) is 5.82 Å². The number of ether oxygens (including phenoxy) is 1. The first-order valence-electron chi connectivity index (χ1n) is 8.89. The third-order valence-electron chi connectivity index (χ3n) is 5.18. The lowest BCUT2D eigenvalue weighted by molar-refractivity contribution is -0.146. The Morgan fingerprint density at radius 1 is 1.16 bits per heavy atom. The molecule has 0 N–H and O–H groups in total. The van der Waals surface area contributed by atoms with Gasteiger partial charge in [-0.25, -0.2) is 9.97 Å². The minimum atomic E-state index is -0.0926. The molecule has 0 bridgehead atoms. The van der Waals surface area contributed by atoms with E-state index in [1.807, 2.05) is 12.1 Å². The minimum absolute atomic E-state index is 0.0100. The predicted molar refractivity (Wildman–Crippen MR) is 94.2 cm³/mol. The van der Waals surface area contributed by atoms with Gasteiger partial charge in [-0.05, 0) is 44.2 Å². The van der Waals surface area contributed by atoms with Gasteiger partial charge in [-0.3, -0.25) is 9.78 Å². The van der Waals surface area contributed by atoms with Crippen molar-refractivity contribution in [1.29, 1.82) is 0 Å². The third kappa shape index (κ3) is 3.08. The van der Waals surface area contributed by atoms with E-state index in [0.717, 1.165) is 62.4 Å². The first-order valence-corrected chi connectivity index (χ1v) is 8.89. The van der Waals surface area contributed by atoms with Crippen LogP contribution in [0.5, 0.6) is 0 Å². The number of carbonyl (C=O) groups is 1. The van der Waals surface area contributed by atoms with Gasteiger partial charge in [0, 0.05) is 42.3 Å². The molecule has 0 unspecified atom stereocenters. The second kappa shape index (κ2) is 6.78. The number of pyridine rings is 1. The Bertz CT molecular complexity index is 770. The van der Waals surface area contributed by atoms with E-state index in [4.69, 9.17) is 14.7 Å². The van der Waals surface area contributed by atoms with Crippen LogP contribution in [-0.2, 0) is 22.4 Å². The highest BCUT2D eigenvalue weighted by Crippen LogP contribution is 2.33. The normalized spacial score (nSPS) is 17.4. The molecule has 2 aliphatic rings. The number of rotatable bonds is 3.